The predicted molar refractivity (Wildman–Crippen MR) is 110 cm³/mol. The van der Waals surface area contributed by atoms with Gasteiger partial charge < -0.3 is 20.1 Å². The number of carboxylic acids is 1. The number of fused-ring (bicyclic) bond motifs is 3. The Hall–Kier alpha value is -3.49. The summed E-state index contributed by atoms with van der Waals surface area (Å²) in [5.41, 5.74) is 4.21. The normalized spacial score (nSPS) is 19.7. The van der Waals surface area contributed by atoms with E-state index in [1.807, 2.05) is 48.5 Å². The Kier molecular flexibility index (Phi) is 5.58. The first-order chi connectivity index (χ1) is 15.2. The van der Waals surface area contributed by atoms with E-state index in [2.05, 4.69) is 5.32 Å². The molecule has 1 aliphatic heterocycles. The van der Waals surface area contributed by atoms with Gasteiger partial charge in [-0.1, -0.05) is 48.5 Å². The van der Waals surface area contributed by atoms with E-state index >= 15 is 0 Å². The Labute approximate surface area is 183 Å². The van der Waals surface area contributed by atoms with Crippen molar-refractivity contribution >= 4 is 18.0 Å². The number of nitrogens with one attached hydrogen (secondary N) is 1. The molecule has 2 unspecified atom stereocenters. The number of hydrogen-bond donors (Lipinski definition) is 2. The van der Waals surface area contributed by atoms with E-state index < -0.39 is 48.9 Å². The fourth-order valence-corrected chi connectivity index (χ4v) is 4.36. The van der Waals surface area contributed by atoms with Crippen molar-refractivity contribution in [2.24, 2.45) is 5.92 Å². The van der Waals surface area contributed by atoms with Crippen LogP contribution in [0.5, 0.6) is 0 Å². The number of ether oxygens (including phenoxy) is 1. The van der Waals surface area contributed by atoms with Crippen molar-refractivity contribution in [3.63, 3.8) is 0 Å². The molecule has 1 heterocycles. The molecule has 9 heteroatoms. The summed E-state index contributed by atoms with van der Waals surface area (Å²) >= 11 is 0. The van der Waals surface area contributed by atoms with Crippen LogP contribution in [0.15, 0.2) is 48.5 Å². The minimum absolute atomic E-state index is 0.0453. The highest BCUT2D eigenvalue weighted by molar-refractivity contribution is 5.86. The van der Waals surface area contributed by atoms with E-state index in [0.717, 1.165) is 27.2 Å². The average Bonchev–Trinajstić information content (AvgIpc) is 3.26. The lowest BCUT2D eigenvalue weighted by Gasteiger charge is -2.21. The van der Waals surface area contributed by atoms with Crippen LogP contribution in [0.4, 0.5) is 13.6 Å². The maximum absolute atomic E-state index is 13.8. The molecule has 0 radical (unpaired) electrons. The first-order valence-corrected chi connectivity index (χ1v) is 10.2. The molecule has 2 N–H and O–H groups in total. The van der Waals surface area contributed by atoms with Crippen molar-refractivity contribution in [2.75, 3.05) is 19.7 Å². The third-order valence-electron chi connectivity index (χ3n) is 5.97. The lowest BCUT2D eigenvalue weighted by Crippen LogP contribution is -2.47. The molecular formula is C23H22F2N2O5. The van der Waals surface area contributed by atoms with E-state index in [-0.39, 0.29) is 12.5 Å². The van der Waals surface area contributed by atoms with Gasteiger partial charge in [-0.25, -0.2) is 13.6 Å². The third-order valence-corrected chi connectivity index (χ3v) is 5.97. The number of nitrogens with zero attached hydrogens (tertiary/aromatic N) is 1. The second kappa shape index (κ2) is 8.22. The van der Waals surface area contributed by atoms with E-state index in [0.29, 0.717) is 0 Å². The van der Waals surface area contributed by atoms with Gasteiger partial charge in [0.2, 0.25) is 5.91 Å². The number of aliphatic carboxylic acids is 1. The van der Waals surface area contributed by atoms with Gasteiger partial charge in [-0.15, -0.1) is 0 Å². The number of amides is 2. The van der Waals surface area contributed by atoms with Crippen LogP contribution in [-0.4, -0.2) is 59.6 Å². The quantitative estimate of drug-likeness (QED) is 0.739. The van der Waals surface area contributed by atoms with Crippen LogP contribution < -0.4 is 5.32 Å². The molecule has 2 atom stereocenters. The number of benzene rings is 2. The van der Waals surface area contributed by atoms with Gasteiger partial charge in [-0.05, 0) is 29.2 Å². The summed E-state index contributed by atoms with van der Waals surface area (Å²) in [4.78, 5) is 36.5. The Morgan fingerprint density at radius 3 is 2.22 bits per heavy atom. The van der Waals surface area contributed by atoms with E-state index in [9.17, 15) is 23.2 Å². The minimum Gasteiger partial charge on any atom is -0.481 e. The summed E-state index contributed by atoms with van der Waals surface area (Å²) in [7, 11) is 0. The third kappa shape index (κ3) is 3.90. The summed E-state index contributed by atoms with van der Waals surface area (Å²) < 4.78 is 33.1. The summed E-state index contributed by atoms with van der Waals surface area (Å²) in [5.74, 6) is -8.10. The molecule has 0 aromatic heterocycles. The smallest absolute Gasteiger partial charge is 0.407 e. The molecule has 168 valence electrons. The second-order valence-corrected chi connectivity index (χ2v) is 8.06. The monoisotopic (exact) mass is 444 g/mol. The Balaban J connectivity index is 1.37. The summed E-state index contributed by atoms with van der Waals surface area (Å²) in [6, 6.07) is 14.5. The molecule has 0 bridgehead atoms. The fourth-order valence-electron chi connectivity index (χ4n) is 4.36. The number of alkyl carbamates (subject to hydrolysis) is 1. The summed E-state index contributed by atoms with van der Waals surface area (Å²) in [5, 5.41) is 11.3. The first kappa shape index (κ1) is 21.7. The van der Waals surface area contributed by atoms with Crippen molar-refractivity contribution in [1.82, 2.24) is 10.2 Å². The molecule has 4 rings (SSSR count). The Morgan fingerprint density at radius 1 is 1.12 bits per heavy atom. The number of alkyl halides is 2. The number of likely N-dealkylation sites (tertiary alicyclic amines) is 1. The van der Waals surface area contributed by atoms with Gasteiger partial charge in [-0.3, -0.25) is 9.59 Å². The van der Waals surface area contributed by atoms with Gasteiger partial charge in [0, 0.05) is 12.5 Å². The molecule has 1 fully saturated rings. The molecule has 1 aliphatic carbocycles. The van der Waals surface area contributed by atoms with Crippen LogP contribution >= 0.6 is 0 Å². The number of hydrogen-bond acceptors (Lipinski definition) is 4. The molecule has 2 aromatic rings. The molecule has 7 nitrogen and oxygen atoms in total. The highest BCUT2D eigenvalue weighted by Gasteiger charge is 2.53. The van der Waals surface area contributed by atoms with E-state index in [4.69, 9.17) is 9.84 Å². The fraction of sp³-hybridized carbons (Fsp3) is 0.348. The predicted octanol–water partition coefficient (Wildman–Crippen LogP) is 3.09. The molecule has 1 saturated heterocycles. The standard InChI is InChI=1S/C23H22F2N2O5/c1-13(20(28)27-10-19(21(29)30)23(24,25)12-27)26-22(31)32-11-18-16-8-4-2-6-14(16)15-7-3-5-9-17(15)18/h2-9,13,18-19H,10-12H2,1H3,(H,26,31)(H,29,30). The zero-order chi connectivity index (χ0) is 23.0. The minimum atomic E-state index is -3.52. The zero-order valence-corrected chi connectivity index (χ0v) is 17.3. The van der Waals surface area contributed by atoms with Crippen LogP contribution in [-0.2, 0) is 14.3 Å². The molecular weight excluding hydrogens is 422 g/mol. The number of carbonyl (C=O) groups excluding carboxylic acids is 2. The second-order valence-electron chi connectivity index (χ2n) is 8.06. The molecule has 32 heavy (non-hydrogen) atoms. The van der Waals surface area contributed by atoms with Gasteiger partial charge in [0.1, 0.15) is 18.6 Å². The van der Waals surface area contributed by atoms with E-state index in [1.165, 1.54) is 6.92 Å². The number of carboxylic acid groups (broad SMARTS) is 1. The van der Waals surface area contributed by atoms with Gasteiger partial charge in [0.15, 0.2) is 0 Å². The van der Waals surface area contributed by atoms with Crippen LogP contribution in [0.3, 0.4) is 0 Å². The van der Waals surface area contributed by atoms with Crippen molar-refractivity contribution in [3.05, 3.63) is 59.7 Å². The SMILES string of the molecule is CC(NC(=O)OCC1c2ccccc2-c2ccccc21)C(=O)N1CC(C(=O)O)C(F)(F)C1. The van der Waals surface area contributed by atoms with Crippen molar-refractivity contribution in [1.29, 1.82) is 0 Å². The number of rotatable bonds is 5. The maximum Gasteiger partial charge on any atom is 0.407 e. The van der Waals surface area contributed by atoms with Crippen molar-refractivity contribution < 1.29 is 33.0 Å². The maximum atomic E-state index is 13.8. The molecule has 0 saturated carbocycles. The van der Waals surface area contributed by atoms with Crippen LogP contribution in [0.2, 0.25) is 0 Å². The number of carbonyl (C=O) groups is 3. The first-order valence-electron chi connectivity index (χ1n) is 10.2. The highest BCUT2D eigenvalue weighted by Crippen LogP contribution is 2.44. The topological polar surface area (TPSA) is 95.9 Å². The Morgan fingerprint density at radius 2 is 1.69 bits per heavy atom. The zero-order valence-electron chi connectivity index (χ0n) is 17.3. The van der Waals surface area contributed by atoms with Crippen molar-refractivity contribution in [2.45, 2.75) is 24.8 Å². The average molecular weight is 444 g/mol. The van der Waals surface area contributed by atoms with Crippen LogP contribution in [0, 0.1) is 5.92 Å². The van der Waals surface area contributed by atoms with E-state index in [1.54, 1.807) is 0 Å². The lowest BCUT2D eigenvalue weighted by molar-refractivity contribution is -0.151. The van der Waals surface area contributed by atoms with Crippen LogP contribution in [0.1, 0.15) is 24.0 Å². The van der Waals surface area contributed by atoms with Crippen LogP contribution in [0.25, 0.3) is 11.1 Å². The molecule has 2 aromatic carbocycles. The van der Waals surface area contributed by atoms with Gasteiger partial charge in [0.25, 0.3) is 5.92 Å². The summed E-state index contributed by atoms with van der Waals surface area (Å²) in [6.45, 7) is -0.225. The lowest BCUT2D eigenvalue weighted by atomic mass is 9.98. The van der Waals surface area contributed by atoms with Gasteiger partial charge in [-0.2, -0.15) is 0 Å². The number of halogens is 2. The van der Waals surface area contributed by atoms with Crippen molar-refractivity contribution in [3.8, 4) is 11.1 Å². The molecule has 2 aliphatic rings. The summed E-state index contributed by atoms with van der Waals surface area (Å²) in [6.07, 6.45) is -0.853. The highest BCUT2D eigenvalue weighted by atomic mass is 19.3. The Bertz CT molecular complexity index is 1030. The van der Waals surface area contributed by atoms with Gasteiger partial charge in [0.05, 0.1) is 6.54 Å². The van der Waals surface area contributed by atoms with Gasteiger partial charge >= 0.3 is 12.1 Å². The molecule has 2 amide bonds. The molecule has 0 spiro atoms. The largest absolute Gasteiger partial charge is 0.481 e.